The van der Waals surface area contributed by atoms with E-state index in [0.29, 0.717) is 0 Å². The van der Waals surface area contributed by atoms with Gasteiger partial charge in [0.1, 0.15) is 36.5 Å². The van der Waals surface area contributed by atoms with Gasteiger partial charge in [0, 0.05) is 23.6 Å². The summed E-state index contributed by atoms with van der Waals surface area (Å²) in [5.74, 6) is -4.88. The van der Waals surface area contributed by atoms with Crippen molar-refractivity contribution < 1.29 is 67.4 Å². The lowest BCUT2D eigenvalue weighted by atomic mass is 10.0. The van der Waals surface area contributed by atoms with Crippen molar-refractivity contribution in [2.75, 3.05) is 24.8 Å². The van der Waals surface area contributed by atoms with E-state index in [4.69, 9.17) is 4.74 Å². The molecule has 3 heterocycles. The molecule has 0 aliphatic carbocycles. The Balaban J connectivity index is 1.72. The van der Waals surface area contributed by atoms with E-state index in [-0.39, 0.29) is 34.5 Å². The summed E-state index contributed by atoms with van der Waals surface area (Å²) in [5.41, 5.74) is -0.801. The average molecular weight is 671 g/mol. The summed E-state index contributed by atoms with van der Waals surface area (Å²) in [5, 5.41) is 15.4. The van der Waals surface area contributed by atoms with Crippen LogP contribution in [0, 0.1) is 0 Å². The summed E-state index contributed by atoms with van der Waals surface area (Å²) in [7, 11) is -9.60. The molecule has 0 bridgehead atoms. The monoisotopic (exact) mass is 671 g/mol. The fourth-order valence-electron chi connectivity index (χ4n) is 3.70. The van der Waals surface area contributed by atoms with Gasteiger partial charge in [0.2, 0.25) is 5.91 Å². The molecule has 1 fully saturated rings. The van der Waals surface area contributed by atoms with E-state index in [0.717, 1.165) is 42.0 Å². The van der Waals surface area contributed by atoms with Gasteiger partial charge in [-0.25, -0.2) is 9.78 Å². The van der Waals surface area contributed by atoms with Crippen molar-refractivity contribution in [2.45, 2.75) is 30.2 Å². The zero-order chi connectivity index (χ0) is 31.6. The maximum atomic E-state index is 13.0. The maximum Gasteiger partial charge on any atom is 0.352 e. The Hall–Kier alpha value is -3.16. The van der Waals surface area contributed by atoms with Crippen LogP contribution in [0.1, 0.15) is 19.0 Å². The minimum Gasteiger partial charge on any atom is -0.477 e. The van der Waals surface area contributed by atoms with Gasteiger partial charge in [0.25, 0.3) is 11.8 Å². The van der Waals surface area contributed by atoms with Crippen LogP contribution in [0.4, 0.5) is 5.13 Å². The molecule has 230 valence electrons. The number of carboxylic acid groups (broad SMARTS) is 1. The van der Waals surface area contributed by atoms with Crippen LogP contribution in [-0.2, 0) is 42.7 Å². The first kappa shape index (κ1) is 33.3. The molecule has 2 aliphatic rings. The van der Waals surface area contributed by atoms with E-state index in [2.05, 4.69) is 25.6 Å². The summed E-state index contributed by atoms with van der Waals surface area (Å²) in [4.78, 5) is 107. The minimum atomic E-state index is -5.35. The van der Waals surface area contributed by atoms with Gasteiger partial charge in [-0.2, -0.15) is 0 Å². The molecule has 1 aromatic rings. The third-order valence-electron chi connectivity index (χ3n) is 5.52. The van der Waals surface area contributed by atoms with Crippen LogP contribution in [0.25, 0.3) is 0 Å². The second kappa shape index (κ2) is 13.0. The Bertz CT molecular complexity index is 1440. The second-order valence-corrected chi connectivity index (χ2v) is 14.4. The number of amides is 3. The van der Waals surface area contributed by atoms with Crippen molar-refractivity contribution in [3.05, 3.63) is 22.3 Å². The number of anilines is 1. The van der Waals surface area contributed by atoms with Gasteiger partial charge >= 0.3 is 27.1 Å². The van der Waals surface area contributed by atoms with Gasteiger partial charge < -0.3 is 44.9 Å². The van der Waals surface area contributed by atoms with Crippen LogP contribution in [-0.4, -0.2) is 106 Å². The first-order valence-electron chi connectivity index (χ1n) is 11.3. The molecule has 1 saturated heterocycles. The molecule has 2 aliphatic heterocycles. The maximum absolute atomic E-state index is 13.0. The van der Waals surface area contributed by atoms with Gasteiger partial charge in [0.05, 0.1) is 6.42 Å². The van der Waals surface area contributed by atoms with Crippen molar-refractivity contribution in [2.24, 2.45) is 5.16 Å². The van der Waals surface area contributed by atoms with E-state index in [1.807, 2.05) is 0 Å². The molecule has 19 nitrogen and oxygen atoms in total. The molecule has 2 atom stereocenters. The summed E-state index contributed by atoms with van der Waals surface area (Å²) < 4.78 is 27.7. The quantitative estimate of drug-likeness (QED) is 0.0452. The number of carbonyl (C=O) groups excluding carboxylic acids is 4. The number of hydrogen-bond acceptors (Lipinski definition) is 13. The third kappa shape index (κ3) is 7.61. The number of thiazole rings is 1. The van der Waals surface area contributed by atoms with Crippen LogP contribution < -0.4 is 10.6 Å². The molecule has 23 heteroatoms. The molecule has 0 saturated carbocycles. The van der Waals surface area contributed by atoms with E-state index in [1.165, 1.54) is 5.38 Å². The molecule has 3 amide bonds. The number of carboxylic acids is 1. The predicted octanol–water partition coefficient (Wildman–Crippen LogP) is -1.19. The highest BCUT2D eigenvalue weighted by molar-refractivity contribution is 8.00. The number of fused-ring (bicyclic) bond motifs is 1. The van der Waals surface area contributed by atoms with Crippen LogP contribution in [0.5, 0.6) is 0 Å². The fourth-order valence-corrected chi connectivity index (χ4v) is 8.11. The first-order valence-corrected chi connectivity index (χ1v) is 16.6. The Morgan fingerprint density at radius 2 is 1.86 bits per heavy atom. The lowest BCUT2D eigenvalue weighted by Crippen LogP contribution is -2.71. The Morgan fingerprint density at radius 1 is 1.21 bits per heavy atom. The number of rotatable bonds is 12. The van der Waals surface area contributed by atoms with E-state index in [1.54, 1.807) is 0 Å². The third-order valence-corrected chi connectivity index (χ3v) is 11.3. The van der Waals surface area contributed by atoms with Gasteiger partial charge in [-0.1, -0.05) is 5.16 Å². The number of nitrogens with one attached hydrogen (secondary N) is 2. The first-order chi connectivity index (χ1) is 19.4. The lowest BCUT2D eigenvalue weighted by Gasteiger charge is -2.49. The normalized spacial score (nSPS) is 19.2. The molecule has 42 heavy (non-hydrogen) atoms. The standard InChI is InChI=1S/C19H23N5O14P2S2/c1-7(25)38-4-8-5-41-17-13(16(28)24(17)14(8)18(29)30)22-15(27)12(23-37-2)9-6-42-19(20-9)21-10(26)3-11(39(31,32)33)40(34,35)36/h6,11,13,17H,3-5H2,1-2H3,(H,22,27)(H,29,30)(H,20,21,26)(H2,31,32,33)(H2,34,35,36)/b23-12-/t13-,17+/m1/s1. The topological polar surface area (TPSA) is 292 Å². The van der Waals surface area contributed by atoms with Crippen molar-refractivity contribution in [1.82, 2.24) is 15.2 Å². The Labute approximate surface area is 243 Å². The van der Waals surface area contributed by atoms with Gasteiger partial charge in [-0.3, -0.25) is 33.2 Å². The van der Waals surface area contributed by atoms with Crippen LogP contribution in [0.15, 0.2) is 21.8 Å². The number of ether oxygens (including phenoxy) is 1. The Kier molecular flexibility index (Phi) is 10.3. The zero-order valence-corrected chi connectivity index (χ0v) is 24.8. The summed E-state index contributed by atoms with van der Waals surface area (Å²) in [6, 6.07) is -1.18. The Morgan fingerprint density at radius 3 is 2.40 bits per heavy atom. The predicted molar refractivity (Wildman–Crippen MR) is 143 cm³/mol. The average Bonchev–Trinajstić information content (AvgIpc) is 3.33. The highest BCUT2D eigenvalue weighted by Gasteiger charge is 2.54. The van der Waals surface area contributed by atoms with Crippen molar-refractivity contribution >= 4 is 78.8 Å². The van der Waals surface area contributed by atoms with Crippen LogP contribution in [0.3, 0.4) is 0 Å². The number of β-lactam (4-membered cyclic amide) rings is 1. The summed E-state index contributed by atoms with van der Waals surface area (Å²) in [6.45, 7) is 0.816. The van der Waals surface area contributed by atoms with Crippen LogP contribution >= 0.6 is 38.3 Å². The number of hydrogen-bond donors (Lipinski definition) is 7. The molecule has 7 N–H and O–H groups in total. The number of esters is 1. The van der Waals surface area contributed by atoms with E-state index in [9.17, 15) is 57.8 Å². The SMILES string of the molecule is CO/N=C(\C(=O)N[C@@H]1C(=O)N2C(C(=O)O)=C(COC(C)=O)CS[C@@H]12)c1csc(NC(=O)CC(P(=O)(O)O)P(=O)(O)O)n1. The van der Waals surface area contributed by atoms with Crippen molar-refractivity contribution in [3.63, 3.8) is 0 Å². The number of oxime groups is 1. The fraction of sp³-hybridized carbons (Fsp3) is 0.421. The molecule has 0 spiro atoms. The molecule has 0 unspecified atom stereocenters. The molecule has 1 aromatic heterocycles. The lowest BCUT2D eigenvalue weighted by molar-refractivity contribution is -0.150. The molecule has 0 aromatic carbocycles. The number of aliphatic carboxylic acids is 1. The molecular weight excluding hydrogens is 648 g/mol. The summed E-state index contributed by atoms with van der Waals surface area (Å²) in [6.07, 6.45) is -1.24. The highest BCUT2D eigenvalue weighted by atomic mass is 32.2. The number of carbonyl (C=O) groups is 5. The highest BCUT2D eigenvalue weighted by Crippen LogP contribution is 2.61. The second-order valence-electron chi connectivity index (χ2n) is 8.47. The van der Waals surface area contributed by atoms with Crippen LogP contribution in [0.2, 0.25) is 0 Å². The van der Waals surface area contributed by atoms with E-state index >= 15 is 0 Å². The molecule has 0 radical (unpaired) electrons. The van der Waals surface area contributed by atoms with E-state index < -0.39 is 73.8 Å². The number of aromatic nitrogens is 1. The molecular formula is C19H23N5O14P2S2. The minimum absolute atomic E-state index is 0.0920. The molecule has 3 rings (SSSR count). The van der Waals surface area contributed by atoms with Crippen molar-refractivity contribution in [3.8, 4) is 0 Å². The number of nitrogens with zero attached hydrogens (tertiary/aromatic N) is 3. The zero-order valence-electron chi connectivity index (χ0n) is 21.4. The van der Waals surface area contributed by atoms with Crippen molar-refractivity contribution in [1.29, 1.82) is 0 Å². The summed E-state index contributed by atoms with van der Waals surface area (Å²) >= 11 is 1.85. The number of thioether (sulfide) groups is 1. The van der Waals surface area contributed by atoms with Gasteiger partial charge in [-0.05, 0) is 0 Å². The largest absolute Gasteiger partial charge is 0.477 e. The van der Waals surface area contributed by atoms with Gasteiger partial charge in [0.15, 0.2) is 16.2 Å². The smallest absolute Gasteiger partial charge is 0.352 e. The van der Waals surface area contributed by atoms with Gasteiger partial charge in [-0.15, -0.1) is 23.1 Å².